The largest absolute Gasteiger partial charge is 0.452 e. The van der Waals surface area contributed by atoms with Crippen LogP contribution >= 0.6 is 0 Å². The molecule has 0 bridgehead atoms. The number of carbonyl (C=O) groups excluding carboxylic acids is 3. The molecule has 2 amide bonds. The van der Waals surface area contributed by atoms with E-state index in [2.05, 4.69) is 10.6 Å². The summed E-state index contributed by atoms with van der Waals surface area (Å²) in [5.41, 5.74) is 3.04. The van der Waals surface area contributed by atoms with Crippen LogP contribution in [0.5, 0.6) is 0 Å². The van der Waals surface area contributed by atoms with Gasteiger partial charge in [-0.3, -0.25) is 9.59 Å². The summed E-state index contributed by atoms with van der Waals surface area (Å²) in [6, 6.07) is 15.7. The number of hydrogen-bond donors (Lipinski definition) is 2. The average Bonchev–Trinajstić information content (AvgIpc) is 2.68. The lowest BCUT2D eigenvalue weighted by Crippen LogP contribution is -2.30. The highest BCUT2D eigenvalue weighted by molar-refractivity contribution is 5.94. The van der Waals surface area contributed by atoms with Gasteiger partial charge in [-0.2, -0.15) is 5.26 Å². The lowest BCUT2D eigenvalue weighted by atomic mass is 10.1. The molecule has 2 rings (SSSR count). The molecule has 0 spiro atoms. The number of nitriles is 1. The van der Waals surface area contributed by atoms with Crippen molar-refractivity contribution in [3.63, 3.8) is 0 Å². The zero-order chi connectivity index (χ0) is 20.4. The number of nitrogens with one attached hydrogen (secondary N) is 2. The number of aryl methyl sites for hydroxylation is 1. The van der Waals surface area contributed by atoms with E-state index in [4.69, 9.17) is 10.00 Å². The zero-order valence-electron chi connectivity index (χ0n) is 15.5. The van der Waals surface area contributed by atoms with Crippen LogP contribution in [-0.4, -0.2) is 30.9 Å². The van der Waals surface area contributed by atoms with Gasteiger partial charge in [0.2, 0.25) is 5.91 Å². The molecule has 2 aromatic rings. The maximum absolute atomic E-state index is 12.0. The molecule has 0 aliphatic carbocycles. The Kier molecular flexibility index (Phi) is 7.73. The van der Waals surface area contributed by atoms with Gasteiger partial charge in [-0.25, -0.2) is 4.79 Å². The molecule has 0 radical (unpaired) electrons. The zero-order valence-corrected chi connectivity index (χ0v) is 15.5. The van der Waals surface area contributed by atoms with Crippen molar-refractivity contribution in [3.05, 3.63) is 65.2 Å². The third kappa shape index (κ3) is 6.57. The number of hydrogen-bond acceptors (Lipinski definition) is 5. The Balaban J connectivity index is 1.74. The van der Waals surface area contributed by atoms with Gasteiger partial charge in [-0.1, -0.05) is 24.3 Å². The third-order valence-corrected chi connectivity index (χ3v) is 3.96. The van der Waals surface area contributed by atoms with E-state index in [0.29, 0.717) is 18.7 Å². The monoisotopic (exact) mass is 379 g/mol. The van der Waals surface area contributed by atoms with E-state index in [1.54, 1.807) is 6.07 Å². The number of benzene rings is 2. The maximum Gasteiger partial charge on any atom is 0.338 e. The third-order valence-electron chi connectivity index (χ3n) is 3.96. The predicted molar refractivity (Wildman–Crippen MR) is 103 cm³/mol. The van der Waals surface area contributed by atoms with Crippen molar-refractivity contribution in [3.8, 4) is 6.07 Å². The fourth-order valence-electron chi connectivity index (χ4n) is 2.46. The maximum atomic E-state index is 12.0. The molecule has 0 heterocycles. The van der Waals surface area contributed by atoms with Crippen molar-refractivity contribution < 1.29 is 19.1 Å². The van der Waals surface area contributed by atoms with Crippen LogP contribution in [-0.2, 0) is 20.7 Å². The lowest BCUT2D eigenvalue weighted by Gasteiger charge is -2.08. The molecular weight excluding hydrogens is 358 g/mol. The number of carbonyl (C=O) groups is 3. The van der Waals surface area contributed by atoms with Gasteiger partial charge in [0.25, 0.3) is 5.91 Å². The second-order valence-corrected chi connectivity index (χ2v) is 6.06. The highest BCUT2D eigenvalue weighted by Crippen LogP contribution is 2.11. The summed E-state index contributed by atoms with van der Waals surface area (Å²) < 4.78 is 4.99. The van der Waals surface area contributed by atoms with E-state index < -0.39 is 11.9 Å². The number of amides is 2. The fourth-order valence-corrected chi connectivity index (χ4v) is 2.46. The molecule has 0 aromatic heterocycles. The first-order valence-corrected chi connectivity index (χ1v) is 8.75. The van der Waals surface area contributed by atoms with Crippen LogP contribution in [0.15, 0.2) is 48.5 Å². The number of ether oxygens (including phenoxy) is 1. The average molecular weight is 379 g/mol. The van der Waals surface area contributed by atoms with E-state index in [0.717, 1.165) is 11.1 Å². The van der Waals surface area contributed by atoms with Crippen LogP contribution in [0, 0.1) is 18.3 Å². The SMILES string of the molecule is Cc1ccccc1CCNC(=O)COC(=O)c1ccc(NC(=O)CC#N)cc1. The van der Waals surface area contributed by atoms with Gasteiger partial charge in [0.05, 0.1) is 11.6 Å². The van der Waals surface area contributed by atoms with Gasteiger partial charge in [0.15, 0.2) is 6.61 Å². The highest BCUT2D eigenvalue weighted by atomic mass is 16.5. The molecule has 0 aliphatic heterocycles. The van der Waals surface area contributed by atoms with E-state index in [1.807, 2.05) is 31.2 Å². The van der Waals surface area contributed by atoms with Crippen molar-refractivity contribution in [1.82, 2.24) is 5.32 Å². The Morgan fingerprint density at radius 1 is 1.04 bits per heavy atom. The first-order valence-electron chi connectivity index (χ1n) is 8.75. The van der Waals surface area contributed by atoms with Crippen LogP contribution in [0.4, 0.5) is 5.69 Å². The summed E-state index contributed by atoms with van der Waals surface area (Å²) in [6.07, 6.45) is 0.452. The minimum atomic E-state index is -0.635. The fraction of sp³-hybridized carbons (Fsp3) is 0.238. The Morgan fingerprint density at radius 2 is 1.75 bits per heavy atom. The number of nitrogens with zero attached hydrogens (tertiary/aromatic N) is 1. The standard InChI is InChI=1S/C21H21N3O4/c1-15-4-2-3-5-16(15)11-13-23-20(26)14-28-21(27)17-6-8-18(9-7-17)24-19(25)10-12-22/h2-9H,10-11,13-14H2,1H3,(H,23,26)(H,24,25). The smallest absolute Gasteiger partial charge is 0.338 e. The summed E-state index contributed by atoms with van der Waals surface area (Å²) in [5.74, 6) is -1.44. The molecule has 0 atom stereocenters. The van der Waals surface area contributed by atoms with Crippen LogP contribution < -0.4 is 10.6 Å². The Bertz CT molecular complexity index is 885. The molecule has 0 saturated heterocycles. The molecule has 28 heavy (non-hydrogen) atoms. The lowest BCUT2D eigenvalue weighted by molar-refractivity contribution is -0.124. The van der Waals surface area contributed by atoms with Crippen LogP contribution in [0.1, 0.15) is 27.9 Å². The number of anilines is 1. The molecule has 0 fully saturated rings. The second kappa shape index (κ2) is 10.5. The van der Waals surface area contributed by atoms with Crippen molar-refractivity contribution in [2.24, 2.45) is 0 Å². The van der Waals surface area contributed by atoms with Gasteiger partial charge in [0, 0.05) is 12.2 Å². The van der Waals surface area contributed by atoms with Crippen LogP contribution in [0.2, 0.25) is 0 Å². The van der Waals surface area contributed by atoms with Crippen molar-refractivity contribution in [2.45, 2.75) is 19.8 Å². The van der Waals surface area contributed by atoms with Crippen molar-refractivity contribution >= 4 is 23.5 Å². The molecular formula is C21H21N3O4. The molecule has 2 aromatic carbocycles. The van der Waals surface area contributed by atoms with Gasteiger partial charge < -0.3 is 15.4 Å². The van der Waals surface area contributed by atoms with Gasteiger partial charge in [0.1, 0.15) is 6.42 Å². The van der Waals surface area contributed by atoms with Gasteiger partial charge in [-0.15, -0.1) is 0 Å². The summed E-state index contributed by atoms with van der Waals surface area (Å²) in [4.78, 5) is 35.2. The predicted octanol–water partition coefficient (Wildman–Crippen LogP) is 2.36. The molecule has 144 valence electrons. The Labute approximate surface area is 163 Å². The van der Waals surface area contributed by atoms with Crippen LogP contribution in [0.25, 0.3) is 0 Å². The summed E-state index contributed by atoms with van der Waals surface area (Å²) in [6.45, 7) is 2.10. The molecule has 0 unspecified atom stereocenters. The highest BCUT2D eigenvalue weighted by Gasteiger charge is 2.11. The summed E-state index contributed by atoms with van der Waals surface area (Å²) >= 11 is 0. The Hall–Kier alpha value is -3.66. The minimum Gasteiger partial charge on any atom is -0.452 e. The summed E-state index contributed by atoms with van der Waals surface area (Å²) in [5, 5.41) is 13.7. The molecule has 7 nitrogen and oxygen atoms in total. The van der Waals surface area contributed by atoms with E-state index in [1.165, 1.54) is 24.3 Å². The summed E-state index contributed by atoms with van der Waals surface area (Å²) in [7, 11) is 0. The molecule has 7 heteroatoms. The molecule has 0 aliphatic rings. The van der Waals surface area contributed by atoms with Crippen LogP contribution in [0.3, 0.4) is 0 Å². The van der Waals surface area contributed by atoms with Crippen molar-refractivity contribution in [1.29, 1.82) is 5.26 Å². The van der Waals surface area contributed by atoms with E-state index >= 15 is 0 Å². The first-order chi connectivity index (χ1) is 13.5. The quantitative estimate of drug-likeness (QED) is 0.685. The molecule has 2 N–H and O–H groups in total. The van der Waals surface area contributed by atoms with Gasteiger partial charge >= 0.3 is 5.97 Å². The van der Waals surface area contributed by atoms with E-state index in [9.17, 15) is 14.4 Å². The minimum absolute atomic E-state index is 0.247. The molecule has 0 saturated carbocycles. The number of rotatable bonds is 8. The van der Waals surface area contributed by atoms with Gasteiger partial charge in [-0.05, 0) is 48.7 Å². The Morgan fingerprint density at radius 3 is 2.43 bits per heavy atom. The normalized spacial score (nSPS) is 9.86. The van der Waals surface area contributed by atoms with Crippen molar-refractivity contribution in [2.75, 3.05) is 18.5 Å². The second-order valence-electron chi connectivity index (χ2n) is 6.06. The first kappa shape index (κ1) is 20.6. The van der Waals surface area contributed by atoms with E-state index in [-0.39, 0.29) is 24.5 Å². The topological polar surface area (TPSA) is 108 Å². The number of esters is 1.